The van der Waals surface area contributed by atoms with Crippen LogP contribution in [0.15, 0.2) is 175 Å². The van der Waals surface area contributed by atoms with Gasteiger partial charge in [0, 0.05) is 54.2 Å². The Kier molecular flexibility index (Phi) is 8.22. The summed E-state index contributed by atoms with van der Waals surface area (Å²) in [7, 11) is -5.92. The summed E-state index contributed by atoms with van der Waals surface area (Å²) in [5.74, 6) is -0.464. The standard InChI is InChI=1S/C25H13F3O5S.C25H13NO2/c26-25(27,28)34(29,30)33-21-13-12-20-23(15-7-2-4-10-18(15)32-20)24(21)16-8-5-11-19-22(16)14-6-1-3-9-17(14)31-19;26-14-15-12-13-22-25(17-7-2-4-10-20(17)28-22)23(15)18-8-5-11-21-24(18)16-6-1-3-9-19(16)27-21/h1-13H;1-13H. The molecule has 0 unspecified atom stereocenters. The van der Waals surface area contributed by atoms with Crippen molar-refractivity contribution in [3.05, 3.63) is 163 Å². The number of halogens is 3. The van der Waals surface area contributed by atoms with Crippen molar-refractivity contribution < 1.29 is 43.4 Å². The summed E-state index contributed by atoms with van der Waals surface area (Å²) in [6, 6.07) is 49.9. The van der Waals surface area contributed by atoms with Crippen LogP contribution in [0.4, 0.5) is 13.2 Å². The van der Waals surface area contributed by atoms with Crippen molar-refractivity contribution in [2.24, 2.45) is 0 Å². The number of rotatable bonds is 4. The normalized spacial score (nSPS) is 12.2. The molecule has 0 spiro atoms. The molecule has 12 aromatic rings. The molecule has 4 heterocycles. The summed E-state index contributed by atoms with van der Waals surface area (Å²) in [6.07, 6.45) is 0. The van der Waals surface area contributed by atoms with Crippen LogP contribution < -0.4 is 4.18 Å². The van der Waals surface area contributed by atoms with E-state index < -0.39 is 21.4 Å². The molecule has 62 heavy (non-hydrogen) atoms. The van der Waals surface area contributed by atoms with Crippen LogP contribution in [0.2, 0.25) is 0 Å². The van der Waals surface area contributed by atoms with Crippen LogP contribution in [0.3, 0.4) is 0 Å². The Morgan fingerprint density at radius 2 is 0.806 bits per heavy atom. The van der Waals surface area contributed by atoms with Gasteiger partial charge in [-0.05, 0) is 71.8 Å². The van der Waals surface area contributed by atoms with E-state index >= 15 is 0 Å². The average Bonchev–Trinajstić information content (AvgIpc) is 4.06. The molecule has 12 rings (SSSR count). The third kappa shape index (κ3) is 5.70. The molecule has 0 aliphatic rings. The lowest BCUT2D eigenvalue weighted by molar-refractivity contribution is -0.0499. The van der Waals surface area contributed by atoms with Crippen molar-refractivity contribution in [1.29, 1.82) is 5.26 Å². The summed E-state index contributed by atoms with van der Waals surface area (Å²) in [6.45, 7) is 0. The van der Waals surface area contributed by atoms with E-state index in [0.717, 1.165) is 60.4 Å². The zero-order valence-corrected chi connectivity index (χ0v) is 32.7. The van der Waals surface area contributed by atoms with Gasteiger partial charge >= 0.3 is 15.6 Å². The van der Waals surface area contributed by atoms with Gasteiger partial charge in [0.05, 0.1) is 11.6 Å². The van der Waals surface area contributed by atoms with Crippen molar-refractivity contribution in [2.75, 3.05) is 0 Å². The van der Waals surface area contributed by atoms with Crippen LogP contribution in [-0.2, 0) is 10.1 Å². The number of nitrogens with zero attached hydrogens (tertiary/aromatic N) is 1. The van der Waals surface area contributed by atoms with E-state index in [1.54, 1.807) is 54.6 Å². The van der Waals surface area contributed by atoms with Gasteiger partial charge in [-0.15, -0.1) is 0 Å². The van der Waals surface area contributed by atoms with E-state index in [1.165, 1.54) is 12.1 Å². The van der Waals surface area contributed by atoms with Gasteiger partial charge in [-0.1, -0.05) is 97.1 Å². The lowest BCUT2D eigenvalue weighted by Crippen LogP contribution is -2.28. The van der Waals surface area contributed by atoms with Crippen molar-refractivity contribution in [2.45, 2.75) is 5.51 Å². The van der Waals surface area contributed by atoms with Gasteiger partial charge < -0.3 is 21.9 Å². The van der Waals surface area contributed by atoms with E-state index in [0.29, 0.717) is 49.6 Å². The summed E-state index contributed by atoms with van der Waals surface area (Å²) in [5.41, 5.74) is 2.71. The Morgan fingerprint density at radius 1 is 0.435 bits per heavy atom. The number of benzene rings is 8. The second kappa shape index (κ2) is 13.8. The van der Waals surface area contributed by atoms with Gasteiger partial charge in [-0.2, -0.15) is 26.9 Å². The second-order valence-corrected chi connectivity index (χ2v) is 16.1. The van der Waals surface area contributed by atoms with E-state index in [1.807, 2.05) is 78.9 Å². The highest BCUT2D eigenvalue weighted by atomic mass is 32.2. The predicted molar refractivity (Wildman–Crippen MR) is 233 cm³/mol. The highest BCUT2D eigenvalue weighted by Crippen LogP contribution is 2.48. The summed E-state index contributed by atoms with van der Waals surface area (Å²) in [5, 5.41) is 16.3. The highest BCUT2D eigenvalue weighted by Gasteiger charge is 2.49. The molecule has 0 N–H and O–H groups in total. The van der Waals surface area contributed by atoms with Gasteiger partial charge in [-0.25, -0.2) is 0 Å². The molecule has 0 atom stereocenters. The molecule has 0 amide bonds. The number of fused-ring (bicyclic) bond motifs is 12. The minimum absolute atomic E-state index is 0.160. The highest BCUT2D eigenvalue weighted by molar-refractivity contribution is 7.88. The van der Waals surface area contributed by atoms with Gasteiger partial charge in [0.15, 0.2) is 5.75 Å². The van der Waals surface area contributed by atoms with Crippen LogP contribution in [0.25, 0.3) is 110 Å². The third-order valence-corrected chi connectivity index (χ3v) is 12.0. The van der Waals surface area contributed by atoms with Crippen LogP contribution in [0.1, 0.15) is 5.56 Å². The van der Waals surface area contributed by atoms with Gasteiger partial charge in [-0.3, -0.25) is 0 Å². The molecular weight excluding hydrogens is 816 g/mol. The van der Waals surface area contributed by atoms with E-state index in [9.17, 15) is 26.9 Å². The maximum Gasteiger partial charge on any atom is 0.534 e. The predicted octanol–water partition coefficient (Wildman–Crippen LogP) is 14.4. The quantitative estimate of drug-likeness (QED) is 0.127. The zero-order chi connectivity index (χ0) is 42.3. The lowest BCUT2D eigenvalue weighted by atomic mass is 9.92. The number of hydrogen-bond donors (Lipinski definition) is 0. The second-order valence-electron chi connectivity index (χ2n) is 14.5. The first kappa shape index (κ1) is 37.0. The van der Waals surface area contributed by atoms with Crippen LogP contribution in [-0.4, -0.2) is 13.9 Å². The molecule has 8 nitrogen and oxygen atoms in total. The fourth-order valence-electron chi connectivity index (χ4n) is 8.46. The number of nitriles is 1. The lowest BCUT2D eigenvalue weighted by Gasteiger charge is -2.15. The van der Waals surface area contributed by atoms with Crippen molar-refractivity contribution in [1.82, 2.24) is 0 Å². The summed E-state index contributed by atoms with van der Waals surface area (Å²) in [4.78, 5) is 0. The molecule has 0 radical (unpaired) electrons. The minimum Gasteiger partial charge on any atom is -0.456 e. The summed E-state index contributed by atoms with van der Waals surface area (Å²) >= 11 is 0. The Hall–Kier alpha value is -8.01. The third-order valence-electron chi connectivity index (χ3n) is 11.0. The maximum atomic E-state index is 13.2. The zero-order valence-electron chi connectivity index (χ0n) is 31.9. The average molecular weight is 842 g/mol. The molecular formula is C50H26F3NO7S. The first-order chi connectivity index (χ1) is 30.1. The van der Waals surface area contributed by atoms with Crippen LogP contribution in [0.5, 0.6) is 5.75 Å². The van der Waals surface area contributed by atoms with E-state index in [-0.39, 0.29) is 5.56 Å². The van der Waals surface area contributed by atoms with Crippen molar-refractivity contribution in [3.8, 4) is 34.1 Å². The summed E-state index contributed by atoms with van der Waals surface area (Å²) < 4.78 is 92.3. The molecule has 8 aromatic carbocycles. The van der Waals surface area contributed by atoms with Crippen LogP contribution in [0, 0.1) is 11.3 Å². The molecule has 0 aliphatic heterocycles. The van der Waals surface area contributed by atoms with Crippen LogP contribution >= 0.6 is 0 Å². The van der Waals surface area contributed by atoms with E-state index in [4.69, 9.17) is 21.9 Å². The van der Waals surface area contributed by atoms with Gasteiger partial charge in [0.25, 0.3) is 0 Å². The monoisotopic (exact) mass is 841 g/mol. The maximum absolute atomic E-state index is 13.2. The Balaban J connectivity index is 0.000000142. The number of hydrogen-bond acceptors (Lipinski definition) is 8. The topological polar surface area (TPSA) is 120 Å². The van der Waals surface area contributed by atoms with Gasteiger partial charge in [0.1, 0.15) is 44.7 Å². The Morgan fingerprint density at radius 3 is 1.26 bits per heavy atom. The smallest absolute Gasteiger partial charge is 0.456 e. The molecule has 0 aliphatic carbocycles. The van der Waals surface area contributed by atoms with E-state index in [2.05, 4.69) is 18.2 Å². The number of furan rings is 4. The Labute approximate surface area is 348 Å². The molecule has 12 heteroatoms. The first-order valence-electron chi connectivity index (χ1n) is 19.2. The minimum atomic E-state index is -5.92. The molecule has 0 saturated heterocycles. The molecule has 4 aromatic heterocycles. The number of alkyl halides is 3. The molecule has 0 saturated carbocycles. The first-order valence-corrected chi connectivity index (χ1v) is 20.6. The van der Waals surface area contributed by atoms with Crippen molar-refractivity contribution in [3.63, 3.8) is 0 Å². The molecule has 300 valence electrons. The largest absolute Gasteiger partial charge is 0.534 e. The van der Waals surface area contributed by atoms with Gasteiger partial charge in [0.2, 0.25) is 0 Å². The fraction of sp³-hybridized carbons (Fsp3) is 0.0200. The number of para-hydroxylation sites is 4. The fourth-order valence-corrected chi connectivity index (χ4v) is 8.93. The SMILES string of the molecule is N#Cc1ccc2oc3ccccc3c2c1-c1cccc2oc3ccccc3c12.O=S(=O)(Oc1ccc2oc3ccccc3c2c1-c1cccc2oc3ccccc3c12)C(F)(F)F. The molecule has 0 fully saturated rings. The van der Waals surface area contributed by atoms with Crippen molar-refractivity contribution >= 4 is 97.9 Å². The molecule has 0 bridgehead atoms. The Bertz CT molecular complexity index is 3940.